The van der Waals surface area contributed by atoms with Crippen molar-refractivity contribution in [3.8, 4) is 5.75 Å². The molecule has 1 aromatic carbocycles. The van der Waals surface area contributed by atoms with Gasteiger partial charge < -0.3 is 14.7 Å². The zero-order valence-electron chi connectivity index (χ0n) is 9.40. The second-order valence-electron chi connectivity index (χ2n) is 1.89. The van der Waals surface area contributed by atoms with Crippen LogP contribution in [-0.2, 0) is 4.57 Å². The molecule has 0 atom stereocenters. The first-order valence-corrected chi connectivity index (χ1v) is 5.27. The van der Waals surface area contributed by atoms with E-state index in [0.29, 0.717) is 0 Å². The largest absolute Gasteiger partial charge is 1.00 e. The number of benzene rings is 1. The molecule has 88 valence electrons. The van der Waals surface area contributed by atoms with Crippen molar-refractivity contribution in [3.05, 3.63) is 30.3 Å². The third-order valence-corrected chi connectivity index (χ3v) is 1.42. The molecule has 8 heteroatoms. The van der Waals surface area contributed by atoms with Crippen LogP contribution < -0.4 is 39.2 Å². The average molecular weight is 260 g/mol. The molecule has 0 aromatic heterocycles. The number of phosphoric acid groups is 1. The first-order valence-electron chi connectivity index (χ1n) is 3.74. The maximum absolute atomic E-state index is 10.3. The number of phosphoric ester groups is 1. The van der Waals surface area contributed by atoms with E-state index in [1.165, 1.54) is 12.1 Å². The zero-order valence-corrected chi connectivity index (χ0v) is 12.3. The predicted octanol–water partition coefficient (Wildman–Crippen LogP) is -3.25. The fourth-order valence-corrected chi connectivity index (χ4v) is 1.02. The van der Waals surface area contributed by atoms with Gasteiger partial charge >= 0.3 is 37.4 Å². The number of hydrogen-bond donors (Lipinski definition) is 3. The average Bonchev–Trinajstić information content (AvgIpc) is 2.23. The Morgan fingerprint density at radius 2 is 1.50 bits per heavy atom. The number of para-hydroxylation sites is 1. The second-order valence-corrected chi connectivity index (χ2v) is 3.06. The molecular weight excluding hydrogens is 246 g/mol. The summed E-state index contributed by atoms with van der Waals surface area (Å²) >= 11 is 0. The van der Waals surface area contributed by atoms with Gasteiger partial charge in [0.25, 0.3) is 0 Å². The van der Waals surface area contributed by atoms with E-state index in [1.807, 2.05) is 0 Å². The van der Waals surface area contributed by atoms with Gasteiger partial charge in [-0.1, -0.05) is 18.2 Å². The molecule has 6 nitrogen and oxygen atoms in total. The molecule has 0 unspecified atom stereocenters. The van der Waals surface area contributed by atoms with Crippen molar-refractivity contribution < 1.29 is 58.6 Å². The number of rotatable bonds is 2. The first kappa shape index (κ1) is 21.4. The van der Waals surface area contributed by atoms with Crippen molar-refractivity contribution in [3.63, 3.8) is 0 Å². The van der Waals surface area contributed by atoms with Gasteiger partial charge in [-0.05, 0) is 12.1 Å². The molecular formula is C8H14NaO6P. The Hall–Kier alpha value is 0.0900. The minimum absolute atomic E-state index is 0. The maximum Gasteiger partial charge on any atom is 1.00 e. The van der Waals surface area contributed by atoms with Crippen molar-refractivity contribution in [2.45, 2.75) is 0 Å². The van der Waals surface area contributed by atoms with Gasteiger partial charge in [-0.2, -0.15) is 7.11 Å². The molecule has 0 radical (unpaired) electrons. The standard InChI is InChI=1S/C6H7O4P.CH4O.CH3O.Na/c7-11(8,9)10-6-4-2-1-3-5-6;2*1-2;/h1-5H,(H2,7,8,9);2H,1H3;1H3;/q;;-1;+1. The van der Waals surface area contributed by atoms with Crippen LogP contribution >= 0.6 is 7.82 Å². The van der Waals surface area contributed by atoms with E-state index in [2.05, 4.69) is 4.52 Å². The molecule has 0 bridgehead atoms. The fraction of sp³-hybridized carbons (Fsp3) is 0.250. The Bertz CT molecular complexity index is 275. The number of hydrogen-bond acceptors (Lipinski definition) is 4. The molecule has 1 rings (SSSR count). The van der Waals surface area contributed by atoms with Crippen LogP contribution in [0.15, 0.2) is 30.3 Å². The van der Waals surface area contributed by atoms with Crippen LogP contribution in [-0.4, -0.2) is 29.1 Å². The molecule has 16 heavy (non-hydrogen) atoms. The van der Waals surface area contributed by atoms with E-state index < -0.39 is 7.82 Å². The SMILES string of the molecule is CO.C[O-].O=P(O)(O)Oc1ccccc1.[Na+]. The Morgan fingerprint density at radius 1 is 1.12 bits per heavy atom. The summed E-state index contributed by atoms with van der Waals surface area (Å²) in [5.41, 5.74) is 0. The van der Waals surface area contributed by atoms with Crippen molar-refractivity contribution in [2.75, 3.05) is 14.2 Å². The van der Waals surface area contributed by atoms with Gasteiger partial charge in [0.2, 0.25) is 0 Å². The topological polar surface area (TPSA) is 110 Å². The van der Waals surface area contributed by atoms with Crippen molar-refractivity contribution in [1.82, 2.24) is 0 Å². The Kier molecular flexibility index (Phi) is 17.6. The van der Waals surface area contributed by atoms with Crippen LogP contribution in [0, 0.1) is 0 Å². The van der Waals surface area contributed by atoms with Crippen LogP contribution in [0.2, 0.25) is 0 Å². The molecule has 3 N–H and O–H groups in total. The van der Waals surface area contributed by atoms with Gasteiger partial charge in [0, 0.05) is 7.11 Å². The number of aliphatic hydroxyl groups is 1. The summed E-state index contributed by atoms with van der Waals surface area (Å²) in [5.74, 6) is 0.167. The van der Waals surface area contributed by atoms with E-state index in [4.69, 9.17) is 20.0 Å². The van der Waals surface area contributed by atoms with Gasteiger partial charge in [0.15, 0.2) is 0 Å². The fourth-order valence-electron chi connectivity index (χ4n) is 0.619. The van der Waals surface area contributed by atoms with Gasteiger partial charge in [-0.3, -0.25) is 9.79 Å². The molecule has 0 fully saturated rings. The first-order chi connectivity index (χ1) is 7.08. The van der Waals surface area contributed by atoms with E-state index in [9.17, 15) is 4.57 Å². The monoisotopic (exact) mass is 260 g/mol. The van der Waals surface area contributed by atoms with Crippen molar-refractivity contribution in [1.29, 1.82) is 0 Å². The third kappa shape index (κ3) is 14.1. The van der Waals surface area contributed by atoms with E-state index in [1.54, 1.807) is 18.2 Å². The molecule has 0 aliphatic heterocycles. The van der Waals surface area contributed by atoms with Gasteiger partial charge in [-0.15, -0.1) is 0 Å². The molecule has 0 saturated carbocycles. The van der Waals surface area contributed by atoms with Crippen molar-refractivity contribution >= 4 is 7.82 Å². The summed E-state index contributed by atoms with van der Waals surface area (Å²) in [5, 5.41) is 15.2. The van der Waals surface area contributed by atoms with Crippen molar-refractivity contribution in [2.24, 2.45) is 0 Å². The minimum atomic E-state index is -4.39. The predicted molar refractivity (Wildman–Crippen MR) is 53.2 cm³/mol. The van der Waals surface area contributed by atoms with Crippen LogP contribution in [0.3, 0.4) is 0 Å². The smallest absolute Gasteiger partial charge is 0.857 e. The van der Waals surface area contributed by atoms with Gasteiger partial charge in [-0.25, -0.2) is 4.57 Å². The Balaban J connectivity index is -0.000000305. The summed E-state index contributed by atoms with van der Waals surface area (Å²) in [6.45, 7) is 0. The van der Waals surface area contributed by atoms with Crippen LogP contribution in [0.4, 0.5) is 0 Å². The van der Waals surface area contributed by atoms with Crippen LogP contribution in [0.5, 0.6) is 5.75 Å². The molecule has 0 heterocycles. The summed E-state index contributed by atoms with van der Waals surface area (Å²) < 4.78 is 14.5. The normalized spacial score (nSPS) is 8.38. The minimum Gasteiger partial charge on any atom is -0.857 e. The molecule has 0 aliphatic rings. The van der Waals surface area contributed by atoms with Gasteiger partial charge in [0.1, 0.15) is 5.75 Å². The molecule has 1 aromatic rings. The quantitative estimate of drug-likeness (QED) is 0.380. The summed E-state index contributed by atoms with van der Waals surface area (Å²) in [7, 11) is -2.64. The van der Waals surface area contributed by atoms with E-state index in [0.717, 1.165) is 14.2 Å². The summed E-state index contributed by atoms with van der Waals surface area (Å²) in [4.78, 5) is 16.7. The molecule has 0 aliphatic carbocycles. The summed E-state index contributed by atoms with van der Waals surface area (Å²) in [6.07, 6.45) is 0. The second kappa shape index (κ2) is 13.2. The van der Waals surface area contributed by atoms with Crippen LogP contribution in [0.1, 0.15) is 0 Å². The Labute approximate surface area is 116 Å². The maximum atomic E-state index is 10.3. The molecule has 0 spiro atoms. The third-order valence-electron chi connectivity index (χ3n) is 0.968. The Morgan fingerprint density at radius 3 is 1.81 bits per heavy atom. The summed E-state index contributed by atoms with van der Waals surface area (Å²) in [6, 6.07) is 7.93. The number of aliphatic hydroxyl groups excluding tert-OH is 1. The zero-order chi connectivity index (χ0) is 12.3. The van der Waals surface area contributed by atoms with Crippen LogP contribution in [0.25, 0.3) is 0 Å². The van der Waals surface area contributed by atoms with E-state index >= 15 is 0 Å². The van der Waals surface area contributed by atoms with Gasteiger partial charge in [0.05, 0.1) is 0 Å². The van der Waals surface area contributed by atoms with E-state index in [-0.39, 0.29) is 35.3 Å². The molecule has 0 saturated heterocycles. The molecule has 0 amide bonds.